The molecule has 0 unspecified atom stereocenters. The van der Waals surface area contributed by atoms with Gasteiger partial charge < -0.3 is 19.2 Å². The molecule has 0 aliphatic carbocycles. The highest BCUT2D eigenvalue weighted by molar-refractivity contribution is 5.86. The number of benzene rings is 2. The van der Waals surface area contributed by atoms with Gasteiger partial charge >= 0.3 is 0 Å². The standard InChI is InChI=1S/C22H24N4O4/c1-15(27)26-10-8-17(9-11-26)29-21-13-19-18(12-20(21)28-2)22(24-14-23-19)30-25-16-6-4-3-5-7-16/h3-7,12-14,17,25H,8-11H2,1-2H3. The normalized spacial score (nSPS) is 14.4. The van der Waals surface area contributed by atoms with Crippen LogP contribution in [0.25, 0.3) is 10.9 Å². The Bertz CT molecular complexity index is 1020. The molecule has 1 N–H and O–H groups in total. The first kappa shape index (κ1) is 19.8. The maximum Gasteiger partial charge on any atom is 0.256 e. The molecule has 1 fully saturated rings. The summed E-state index contributed by atoms with van der Waals surface area (Å²) < 4.78 is 11.8. The highest BCUT2D eigenvalue weighted by Gasteiger charge is 2.23. The van der Waals surface area contributed by atoms with Gasteiger partial charge in [-0.15, -0.1) is 0 Å². The van der Waals surface area contributed by atoms with E-state index in [4.69, 9.17) is 14.3 Å². The minimum atomic E-state index is 0.0178. The Morgan fingerprint density at radius 3 is 2.57 bits per heavy atom. The van der Waals surface area contributed by atoms with Crippen LogP contribution >= 0.6 is 0 Å². The van der Waals surface area contributed by atoms with E-state index in [-0.39, 0.29) is 12.0 Å². The molecule has 0 spiro atoms. The van der Waals surface area contributed by atoms with Crippen LogP contribution in [0.2, 0.25) is 0 Å². The monoisotopic (exact) mass is 408 g/mol. The van der Waals surface area contributed by atoms with Crippen molar-refractivity contribution in [1.82, 2.24) is 14.9 Å². The smallest absolute Gasteiger partial charge is 0.256 e. The van der Waals surface area contributed by atoms with Gasteiger partial charge in [0.15, 0.2) is 11.5 Å². The van der Waals surface area contributed by atoms with Crippen LogP contribution in [0.15, 0.2) is 48.8 Å². The Labute approximate surface area is 174 Å². The number of anilines is 1. The lowest BCUT2D eigenvalue weighted by Gasteiger charge is -2.31. The fourth-order valence-corrected chi connectivity index (χ4v) is 3.45. The lowest BCUT2D eigenvalue weighted by molar-refractivity contribution is -0.130. The van der Waals surface area contributed by atoms with E-state index in [9.17, 15) is 4.79 Å². The van der Waals surface area contributed by atoms with Crippen LogP contribution in [0.4, 0.5) is 5.69 Å². The van der Waals surface area contributed by atoms with E-state index in [0.717, 1.165) is 18.5 Å². The maximum absolute atomic E-state index is 11.5. The van der Waals surface area contributed by atoms with Crippen LogP contribution in [0.3, 0.4) is 0 Å². The third-order valence-electron chi connectivity index (χ3n) is 5.10. The minimum absolute atomic E-state index is 0.0178. The third-order valence-corrected chi connectivity index (χ3v) is 5.10. The van der Waals surface area contributed by atoms with Crippen LogP contribution in [0.1, 0.15) is 19.8 Å². The highest BCUT2D eigenvalue weighted by Crippen LogP contribution is 2.36. The molecule has 2 heterocycles. The molecule has 1 aliphatic heterocycles. The Kier molecular flexibility index (Phi) is 5.83. The molecule has 30 heavy (non-hydrogen) atoms. The summed E-state index contributed by atoms with van der Waals surface area (Å²) in [6, 6.07) is 13.2. The van der Waals surface area contributed by atoms with Crippen molar-refractivity contribution in [1.29, 1.82) is 0 Å². The van der Waals surface area contributed by atoms with Crippen molar-refractivity contribution >= 4 is 22.5 Å². The zero-order chi connectivity index (χ0) is 20.9. The van der Waals surface area contributed by atoms with Crippen LogP contribution in [-0.4, -0.2) is 47.1 Å². The van der Waals surface area contributed by atoms with Gasteiger partial charge in [0.25, 0.3) is 5.88 Å². The number of aromatic nitrogens is 2. The van der Waals surface area contributed by atoms with Crippen LogP contribution < -0.4 is 19.8 Å². The molecule has 3 aromatic rings. The molecule has 1 saturated heterocycles. The van der Waals surface area contributed by atoms with Crippen molar-refractivity contribution in [3.8, 4) is 17.4 Å². The summed E-state index contributed by atoms with van der Waals surface area (Å²) in [5, 5.41) is 0.705. The van der Waals surface area contributed by atoms with E-state index < -0.39 is 0 Å². The quantitative estimate of drug-likeness (QED) is 0.625. The Morgan fingerprint density at radius 2 is 1.87 bits per heavy atom. The predicted molar refractivity (Wildman–Crippen MR) is 113 cm³/mol. The second-order valence-electron chi connectivity index (χ2n) is 7.09. The second kappa shape index (κ2) is 8.86. The van der Waals surface area contributed by atoms with Gasteiger partial charge in [-0.2, -0.15) is 4.98 Å². The van der Waals surface area contributed by atoms with E-state index in [0.29, 0.717) is 41.4 Å². The Balaban J connectivity index is 1.53. The molecule has 2 aromatic carbocycles. The number of amides is 1. The van der Waals surface area contributed by atoms with Crippen molar-refractivity contribution in [2.75, 3.05) is 25.7 Å². The fourth-order valence-electron chi connectivity index (χ4n) is 3.45. The third kappa shape index (κ3) is 4.37. The SMILES string of the molecule is COc1cc2c(ONc3ccccc3)ncnc2cc1OC1CCN(C(C)=O)CC1. The zero-order valence-corrected chi connectivity index (χ0v) is 17.0. The maximum atomic E-state index is 11.5. The van der Waals surface area contributed by atoms with E-state index in [1.165, 1.54) is 6.33 Å². The number of methoxy groups -OCH3 is 1. The average Bonchev–Trinajstić information content (AvgIpc) is 2.78. The summed E-state index contributed by atoms with van der Waals surface area (Å²) in [4.78, 5) is 27.6. The zero-order valence-electron chi connectivity index (χ0n) is 17.0. The van der Waals surface area contributed by atoms with Gasteiger partial charge in [0.05, 0.1) is 23.7 Å². The summed E-state index contributed by atoms with van der Waals surface area (Å²) in [7, 11) is 1.60. The fraction of sp³-hybridized carbons (Fsp3) is 0.318. The number of carbonyl (C=O) groups is 1. The van der Waals surface area contributed by atoms with E-state index in [1.807, 2.05) is 47.4 Å². The van der Waals surface area contributed by atoms with Gasteiger partial charge in [-0.1, -0.05) is 18.2 Å². The highest BCUT2D eigenvalue weighted by atomic mass is 16.7. The molecule has 8 heteroatoms. The van der Waals surface area contributed by atoms with E-state index >= 15 is 0 Å². The van der Waals surface area contributed by atoms with Crippen LogP contribution in [0.5, 0.6) is 17.4 Å². The number of likely N-dealkylation sites (tertiary alicyclic amines) is 1. The van der Waals surface area contributed by atoms with Crippen molar-refractivity contribution in [3.63, 3.8) is 0 Å². The summed E-state index contributed by atoms with van der Waals surface area (Å²) in [6.07, 6.45) is 3.02. The number of hydrogen-bond donors (Lipinski definition) is 1. The molecular weight excluding hydrogens is 384 g/mol. The van der Waals surface area contributed by atoms with Crippen LogP contribution in [-0.2, 0) is 4.79 Å². The van der Waals surface area contributed by atoms with E-state index in [1.54, 1.807) is 14.0 Å². The number of hydrogen-bond acceptors (Lipinski definition) is 7. The lowest BCUT2D eigenvalue weighted by atomic mass is 10.1. The molecule has 1 aliphatic rings. The Morgan fingerprint density at radius 1 is 1.10 bits per heavy atom. The topological polar surface area (TPSA) is 85.8 Å². The molecule has 4 rings (SSSR count). The van der Waals surface area contributed by atoms with Gasteiger partial charge in [0.1, 0.15) is 12.4 Å². The number of rotatable bonds is 6. The number of piperidine rings is 1. The minimum Gasteiger partial charge on any atom is -0.493 e. The van der Waals surface area contributed by atoms with Crippen molar-refractivity contribution in [2.45, 2.75) is 25.9 Å². The molecule has 0 bridgehead atoms. The molecular formula is C22H24N4O4. The van der Waals surface area contributed by atoms with Gasteiger partial charge in [0, 0.05) is 38.9 Å². The summed E-state index contributed by atoms with van der Waals surface area (Å²) in [5.41, 5.74) is 4.39. The Hall–Kier alpha value is -3.55. The number of carbonyl (C=O) groups excluding carboxylic acids is 1. The summed E-state index contributed by atoms with van der Waals surface area (Å²) in [6.45, 7) is 2.99. The first-order chi connectivity index (χ1) is 14.6. The van der Waals surface area contributed by atoms with Crippen LogP contribution in [0, 0.1) is 0 Å². The summed E-state index contributed by atoms with van der Waals surface area (Å²) in [5.74, 6) is 1.69. The van der Waals surface area contributed by atoms with Crippen molar-refractivity contribution in [3.05, 3.63) is 48.8 Å². The second-order valence-corrected chi connectivity index (χ2v) is 7.09. The van der Waals surface area contributed by atoms with Gasteiger partial charge in [-0.25, -0.2) is 10.5 Å². The molecule has 0 radical (unpaired) electrons. The number of para-hydroxylation sites is 1. The van der Waals surface area contributed by atoms with Gasteiger partial charge in [-0.3, -0.25) is 4.79 Å². The van der Waals surface area contributed by atoms with E-state index in [2.05, 4.69) is 15.4 Å². The largest absolute Gasteiger partial charge is 0.493 e. The molecule has 0 atom stereocenters. The van der Waals surface area contributed by atoms with Crippen molar-refractivity contribution in [2.24, 2.45) is 0 Å². The molecule has 8 nitrogen and oxygen atoms in total. The predicted octanol–water partition coefficient (Wildman–Crippen LogP) is 3.43. The first-order valence-corrected chi connectivity index (χ1v) is 9.87. The van der Waals surface area contributed by atoms with Crippen molar-refractivity contribution < 1.29 is 19.1 Å². The number of nitrogens with one attached hydrogen (secondary N) is 1. The lowest BCUT2D eigenvalue weighted by Crippen LogP contribution is -2.40. The number of fused-ring (bicyclic) bond motifs is 1. The molecule has 1 amide bonds. The molecule has 0 saturated carbocycles. The molecule has 156 valence electrons. The summed E-state index contributed by atoms with van der Waals surface area (Å²) >= 11 is 0. The number of ether oxygens (including phenoxy) is 2. The first-order valence-electron chi connectivity index (χ1n) is 9.87. The van der Waals surface area contributed by atoms with Gasteiger partial charge in [0.2, 0.25) is 5.91 Å². The molecule has 1 aromatic heterocycles. The van der Waals surface area contributed by atoms with Gasteiger partial charge in [-0.05, 0) is 18.2 Å². The average molecular weight is 408 g/mol. The number of nitrogens with zero attached hydrogens (tertiary/aromatic N) is 3.